The van der Waals surface area contributed by atoms with Crippen molar-refractivity contribution >= 4 is 11.7 Å². The van der Waals surface area contributed by atoms with Crippen molar-refractivity contribution in [2.45, 2.75) is 33.1 Å². The first-order valence-electron chi connectivity index (χ1n) is 4.76. The second-order valence-electron chi connectivity index (χ2n) is 3.35. The normalized spacial score (nSPS) is 10.3. The van der Waals surface area contributed by atoms with Crippen LogP contribution in [0.25, 0.3) is 0 Å². The van der Waals surface area contributed by atoms with Crippen LogP contribution in [0, 0.1) is 0 Å². The molecule has 14 heavy (non-hydrogen) atoms. The molecule has 1 heterocycles. The predicted molar refractivity (Wildman–Crippen MR) is 55.0 cm³/mol. The molecule has 1 aromatic rings. The number of carbonyl (C=O) groups is 1. The Balaban J connectivity index is 2.90. The molecule has 4 heteroatoms. The molecular formula is C10H15N3O. The van der Waals surface area contributed by atoms with Gasteiger partial charge in [-0.15, -0.1) is 0 Å². The Labute approximate surface area is 83.8 Å². The van der Waals surface area contributed by atoms with Gasteiger partial charge < -0.3 is 5.32 Å². The van der Waals surface area contributed by atoms with Crippen LogP contribution in [0.1, 0.15) is 38.8 Å². The molecule has 0 aliphatic carbocycles. The molecule has 1 N–H and O–H groups in total. The van der Waals surface area contributed by atoms with Crippen molar-refractivity contribution in [2.75, 3.05) is 5.32 Å². The van der Waals surface area contributed by atoms with E-state index in [1.165, 1.54) is 0 Å². The van der Waals surface area contributed by atoms with Crippen LogP contribution >= 0.6 is 0 Å². The van der Waals surface area contributed by atoms with Crippen LogP contribution in [0.15, 0.2) is 12.4 Å². The average Bonchev–Trinajstić information content (AvgIpc) is 2.18. The molecule has 0 bridgehead atoms. The van der Waals surface area contributed by atoms with E-state index in [0.29, 0.717) is 12.2 Å². The number of aromatic nitrogens is 2. The fraction of sp³-hybridized carbons (Fsp3) is 0.500. The number of nitrogens with zero attached hydrogens (tertiary/aromatic N) is 2. The zero-order valence-corrected chi connectivity index (χ0v) is 8.74. The number of rotatable bonds is 3. The highest BCUT2D eigenvalue weighted by Gasteiger charge is 2.10. The van der Waals surface area contributed by atoms with E-state index < -0.39 is 0 Å². The largest absolute Gasteiger partial charge is 0.309 e. The van der Waals surface area contributed by atoms with E-state index in [1.807, 2.05) is 13.8 Å². The summed E-state index contributed by atoms with van der Waals surface area (Å²) < 4.78 is 0. The smallest absolute Gasteiger partial charge is 0.225 e. The molecule has 0 saturated carbocycles. The van der Waals surface area contributed by atoms with Crippen molar-refractivity contribution in [3.05, 3.63) is 18.1 Å². The Morgan fingerprint density at radius 2 is 2.07 bits per heavy atom. The molecule has 76 valence electrons. The topological polar surface area (TPSA) is 54.9 Å². The van der Waals surface area contributed by atoms with Gasteiger partial charge in [0, 0.05) is 18.8 Å². The van der Waals surface area contributed by atoms with Crippen molar-refractivity contribution in [1.29, 1.82) is 0 Å². The fourth-order valence-corrected chi connectivity index (χ4v) is 1.09. The number of nitrogens with one attached hydrogen (secondary N) is 1. The van der Waals surface area contributed by atoms with Crippen molar-refractivity contribution < 1.29 is 4.79 Å². The molecular weight excluding hydrogens is 178 g/mol. The highest BCUT2D eigenvalue weighted by molar-refractivity contribution is 5.89. The molecule has 0 spiro atoms. The summed E-state index contributed by atoms with van der Waals surface area (Å²) in [5.41, 5.74) is 0.828. The maximum atomic E-state index is 11.2. The summed E-state index contributed by atoms with van der Waals surface area (Å²) in [6.45, 7) is 5.85. The third kappa shape index (κ3) is 2.52. The van der Waals surface area contributed by atoms with Crippen LogP contribution in [0.2, 0.25) is 0 Å². The number of amides is 1. The molecule has 0 atom stereocenters. The monoisotopic (exact) mass is 193 g/mol. The van der Waals surface area contributed by atoms with Gasteiger partial charge >= 0.3 is 0 Å². The Bertz CT molecular complexity index is 323. The summed E-state index contributed by atoms with van der Waals surface area (Å²) >= 11 is 0. The van der Waals surface area contributed by atoms with E-state index >= 15 is 0 Å². The molecule has 1 amide bonds. The molecule has 0 unspecified atom stereocenters. The first kappa shape index (κ1) is 10.6. The highest BCUT2D eigenvalue weighted by atomic mass is 16.1. The first-order chi connectivity index (χ1) is 6.65. The molecule has 0 radical (unpaired) electrons. The van der Waals surface area contributed by atoms with Gasteiger partial charge in [0.1, 0.15) is 0 Å². The lowest BCUT2D eigenvalue weighted by Crippen LogP contribution is -2.13. The zero-order chi connectivity index (χ0) is 10.6. The van der Waals surface area contributed by atoms with Crippen LogP contribution in [-0.2, 0) is 4.79 Å². The second-order valence-corrected chi connectivity index (χ2v) is 3.35. The van der Waals surface area contributed by atoms with Crippen LogP contribution in [0.3, 0.4) is 0 Å². The summed E-state index contributed by atoms with van der Waals surface area (Å²) in [6.07, 6.45) is 3.67. The van der Waals surface area contributed by atoms with Crippen molar-refractivity contribution in [3.8, 4) is 0 Å². The summed E-state index contributed by atoms with van der Waals surface area (Å²) in [4.78, 5) is 19.5. The lowest BCUT2D eigenvalue weighted by atomic mass is 10.1. The summed E-state index contributed by atoms with van der Waals surface area (Å²) in [6, 6.07) is 0. The molecule has 1 rings (SSSR count). The third-order valence-corrected chi connectivity index (χ3v) is 1.85. The van der Waals surface area contributed by atoms with Crippen molar-refractivity contribution in [2.24, 2.45) is 0 Å². The third-order valence-electron chi connectivity index (χ3n) is 1.85. The van der Waals surface area contributed by atoms with Gasteiger partial charge in [0.2, 0.25) is 5.91 Å². The minimum atomic E-state index is -0.0348. The van der Waals surface area contributed by atoms with E-state index in [-0.39, 0.29) is 11.8 Å². The standard InChI is InChI=1S/C10H15N3O/c1-4-8(14)13-10-9(7(2)3)11-5-6-12-10/h5-7H,4H2,1-3H3,(H,12,13,14). The highest BCUT2D eigenvalue weighted by Crippen LogP contribution is 2.18. The average molecular weight is 193 g/mol. The molecule has 0 aliphatic heterocycles. The minimum absolute atomic E-state index is 0.0348. The van der Waals surface area contributed by atoms with E-state index in [4.69, 9.17) is 0 Å². The fourth-order valence-electron chi connectivity index (χ4n) is 1.09. The number of anilines is 1. The molecule has 0 fully saturated rings. The molecule has 0 saturated heterocycles. The Kier molecular flexibility index (Phi) is 3.56. The van der Waals surface area contributed by atoms with Crippen LogP contribution in [0.4, 0.5) is 5.82 Å². The number of carbonyl (C=O) groups excluding carboxylic acids is 1. The second kappa shape index (κ2) is 4.69. The van der Waals surface area contributed by atoms with Gasteiger partial charge in [0.05, 0.1) is 5.69 Å². The molecule has 0 aliphatic rings. The quantitative estimate of drug-likeness (QED) is 0.798. The number of hydrogen-bond donors (Lipinski definition) is 1. The zero-order valence-electron chi connectivity index (χ0n) is 8.74. The van der Waals surface area contributed by atoms with Gasteiger partial charge in [-0.1, -0.05) is 20.8 Å². The van der Waals surface area contributed by atoms with Gasteiger partial charge in [0.15, 0.2) is 5.82 Å². The Hall–Kier alpha value is -1.45. The minimum Gasteiger partial charge on any atom is -0.309 e. The maximum Gasteiger partial charge on any atom is 0.225 e. The van der Waals surface area contributed by atoms with Gasteiger partial charge in [0.25, 0.3) is 0 Å². The Morgan fingerprint density at radius 1 is 1.43 bits per heavy atom. The lowest BCUT2D eigenvalue weighted by molar-refractivity contribution is -0.115. The van der Waals surface area contributed by atoms with Crippen molar-refractivity contribution in [1.82, 2.24) is 9.97 Å². The van der Waals surface area contributed by atoms with E-state index in [2.05, 4.69) is 15.3 Å². The van der Waals surface area contributed by atoms with E-state index in [9.17, 15) is 4.79 Å². The number of hydrogen-bond acceptors (Lipinski definition) is 3. The Morgan fingerprint density at radius 3 is 2.64 bits per heavy atom. The molecule has 0 aromatic carbocycles. The predicted octanol–water partition coefficient (Wildman–Crippen LogP) is 1.95. The van der Waals surface area contributed by atoms with E-state index in [1.54, 1.807) is 19.3 Å². The van der Waals surface area contributed by atoms with Gasteiger partial charge in [-0.2, -0.15) is 0 Å². The molecule has 1 aromatic heterocycles. The van der Waals surface area contributed by atoms with Crippen molar-refractivity contribution in [3.63, 3.8) is 0 Å². The lowest BCUT2D eigenvalue weighted by Gasteiger charge is -2.10. The summed E-state index contributed by atoms with van der Waals surface area (Å²) in [7, 11) is 0. The van der Waals surface area contributed by atoms with Crippen LogP contribution < -0.4 is 5.32 Å². The van der Waals surface area contributed by atoms with Gasteiger partial charge in [-0.3, -0.25) is 9.78 Å². The SMILES string of the molecule is CCC(=O)Nc1nccnc1C(C)C. The van der Waals surface area contributed by atoms with Gasteiger partial charge in [-0.05, 0) is 5.92 Å². The summed E-state index contributed by atoms with van der Waals surface area (Å²) in [5.74, 6) is 0.803. The summed E-state index contributed by atoms with van der Waals surface area (Å²) in [5, 5.41) is 2.73. The van der Waals surface area contributed by atoms with Gasteiger partial charge in [-0.25, -0.2) is 4.98 Å². The molecule has 4 nitrogen and oxygen atoms in total. The maximum absolute atomic E-state index is 11.2. The van der Waals surface area contributed by atoms with E-state index in [0.717, 1.165) is 5.69 Å². The first-order valence-corrected chi connectivity index (χ1v) is 4.76. The van der Waals surface area contributed by atoms with Crippen LogP contribution in [-0.4, -0.2) is 15.9 Å². The van der Waals surface area contributed by atoms with Crippen LogP contribution in [0.5, 0.6) is 0 Å².